The number of amides is 3. The second-order valence-corrected chi connectivity index (χ2v) is 11.9. The second-order valence-electron chi connectivity index (χ2n) is 6.73. The molecule has 2 rings (SSSR count). The Morgan fingerprint density at radius 3 is 2.62 bits per heavy atom. The van der Waals surface area contributed by atoms with Gasteiger partial charge in [-0.25, -0.2) is 4.98 Å². The number of halogens is 1. The van der Waals surface area contributed by atoms with Crippen LogP contribution in [0.1, 0.15) is 30.5 Å². The van der Waals surface area contributed by atoms with Gasteiger partial charge in [0.1, 0.15) is 5.52 Å². The Morgan fingerprint density at radius 2 is 2.00 bits per heavy atom. The Kier molecular flexibility index (Phi) is 6.20. The van der Waals surface area contributed by atoms with Crippen molar-refractivity contribution < 1.29 is 18.8 Å². The third-order valence-corrected chi connectivity index (χ3v) is 7.23. The molecule has 0 spiro atoms. The van der Waals surface area contributed by atoms with Crippen molar-refractivity contribution in [2.45, 2.75) is 38.9 Å². The molecule has 2 N–H and O–H groups in total. The fourth-order valence-electron chi connectivity index (χ4n) is 2.35. The Labute approximate surface area is 157 Å². The fourth-order valence-corrected chi connectivity index (χ4v) is 3.60. The molecule has 0 aliphatic heterocycles. The van der Waals surface area contributed by atoms with Crippen LogP contribution in [0.5, 0.6) is 0 Å². The second kappa shape index (κ2) is 8.01. The van der Waals surface area contributed by atoms with Crippen LogP contribution in [0.4, 0.5) is 4.79 Å². The lowest BCUT2D eigenvalue weighted by Crippen LogP contribution is -2.44. The van der Waals surface area contributed by atoms with Crippen molar-refractivity contribution in [2.24, 2.45) is 5.73 Å². The van der Waals surface area contributed by atoms with Gasteiger partial charge in [0.2, 0.25) is 5.91 Å². The van der Waals surface area contributed by atoms with Crippen LogP contribution < -0.4 is 5.73 Å². The van der Waals surface area contributed by atoms with Crippen molar-refractivity contribution >= 4 is 48.1 Å². The molecule has 0 saturated heterocycles. The number of carbonyl (C=O) groups excluding carboxylic acids is 3. The molecule has 3 amide bonds. The lowest BCUT2D eigenvalue weighted by atomic mass is 10.3. The molecule has 0 atom stereocenters. The number of aromatic nitrogens is 1. The topological polar surface area (TPSA) is 106 Å². The van der Waals surface area contributed by atoms with E-state index >= 15 is 0 Å². The zero-order chi connectivity index (χ0) is 19.5. The number of primary amides is 1. The summed E-state index contributed by atoms with van der Waals surface area (Å²) in [4.78, 5) is 42.0. The molecule has 7 nitrogen and oxygen atoms in total. The largest absolute Gasteiger partial charge is 0.432 e. The van der Waals surface area contributed by atoms with Crippen molar-refractivity contribution in [3.05, 3.63) is 29.1 Å². The summed E-state index contributed by atoms with van der Waals surface area (Å²) in [6.07, 6.45) is 0.681. The summed E-state index contributed by atoms with van der Waals surface area (Å²) in [5, 5.41) is 0.477. The maximum Gasteiger partial charge on any atom is 0.316 e. The maximum absolute atomic E-state index is 12.7. The third-order valence-electron chi connectivity index (χ3n) is 4.16. The van der Waals surface area contributed by atoms with Gasteiger partial charge in [-0.05, 0) is 30.7 Å². The highest BCUT2D eigenvalue weighted by molar-refractivity contribution is 7.04. The molecule has 0 unspecified atom stereocenters. The van der Waals surface area contributed by atoms with Crippen LogP contribution in [0.2, 0.25) is 24.2 Å². The molecule has 2 aromatic rings. The number of imide groups is 1. The number of nitrogens with two attached hydrogens (primary N) is 1. The van der Waals surface area contributed by atoms with Gasteiger partial charge < -0.3 is 10.2 Å². The molecular formula is C17H22ClN3O4Si. The molecule has 1 aromatic carbocycles. The van der Waals surface area contributed by atoms with Gasteiger partial charge in [-0.3, -0.25) is 19.3 Å². The summed E-state index contributed by atoms with van der Waals surface area (Å²) in [6.45, 7) is 5.72. The molecule has 140 valence electrons. The van der Waals surface area contributed by atoms with Crippen molar-refractivity contribution in [3.63, 3.8) is 0 Å². The first-order valence-corrected chi connectivity index (χ1v) is 11.9. The van der Waals surface area contributed by atoms with Gasteiger partial charge in [0.05, 0.1) is 0 Å². The predicted molar refractivity (Wildman–Crippen MR) is 102 cm³/mol. The van der Waals surface area contributed by atoms with Crippen LogP contribution in [0.15, 0.2) is 22.6 Å². The van der Waals surface area contributed by atoms with Crippen molar-refractivity contribution in [2.75, 3.05) is 6.54 Å². The SMILES string of the molecule is CCCN(C(=O)CC[Si](C)(C)C(N)=O)C(=O)c1nc2cc(Cl)ccc2o1. The zero-order valence-electron chi connectivity index (χ0n) is 15.0. The van der Waals surface area contributed by atoms with E-state index in [1.807, 2.05) is 6.92 Å². The highest BCUT2D eigenvalue weighted by Crippen LogP contribution is 2.21. The van der Waals surface area contributed by atoms with Crippen molar-refractivity contribution in [3.8, 4) is 0 Å². The van der Waals surface area contributed by atoms with Crippen LogP contribution in [0.25, 0.3) is 11.1 Å². The molecule has 0 saturated carbocycles. The van der Waals surface area contributed by atoms with E-state index in [2.05, 4.69) is 4.98 Å². The van der Waals surface area contributed by atoms with Gasteiger partial charge in [0.15, 0.2) is 19.2 Å². The molecule has 1 aromatic heterocycles. The van der Waals surface area contributed by atoms with E-state index in [1.54, 1.807) is 31.3 Å². The van der Waals surface area contributed by atoms with Gasteiger partial charge in [-0.15, -0.1) is 0 Å². The van der Waals surface area contributed by atoms with E-state index < -0.39 is 14.0 Å². The Bertz CT molecular complexity index is 850. The van der Waals surface area contributed by atoms with Gasteiger partial charge in [-0.2, -0.15) is 0 Å². The Hall–Kier alpha value is -2.19. The molecule has 0 fully saturated rings. The minimum Gasteiger partial charge on any atom is -0.432 e. The lowest BCUT2D eigenvalue weighted by molar-refractivity contribution is -0.128. The van der Waals surface area contributed by atoms with Gasteiger partial charge in [0.25, 0.3) is 5.89 Å². The Morgan fingerprint density at radius 1 is 1.31 bits per heavy atom. The summed E-state index contributed by atoms with van der Waals surface area (Å²) in [5.41, 5.74) is 5.91. The lowest BCUT2D eigenvalue weighted by Gasteiger charge is -2.21. The molecule has 1 heterocycles. The standard InChI is InChI=1S/C17H22ClN3O4Si/c1-4-8-21(14(22)7-9-26(2,3)17(19)24)16(23)15-20-12-10-11(18)5-6-13(12)25-15/h5-6,10H,4,7-9H2,1-3H3,(H2,19,24). The number of oxazole rings is 1. The number of benzene rings is 1. The van der Waals surface area contributed by atoms with Crippen LogP contribution in [0, 0.1) is 0 Å². The monoisotopic (exact) mass is 395 g/mol. The number of rotatable bonds is 7. The number of nitrogens with zero attached hydrogens (tertiary/aromatic N) is 2. The highest BCUT2D eigenvalue weighted by atomic mass is 35.5. The van der Waals surface area contributed by atoms with Crippen LogP contribution in [-0.4, -0.2) is 41.8 Å². The number of fused-ring (bicyclic) bond motifs is 1. The average molecular weight is 396 g/mol. The molecule has 0 bridgehead atoms. The quantitative estimate of drug-likeness (QED) is 0.720. The third kappa shape index (κ3) is 4.50. The molecule has 9 heteroatoms. The average Bonchev–Trinajstić information content (AvgIpc) is 3.00. The molecule has 0 aliphatic carbocycles. The number of hydrogen-bond acceptors (Lipinski definition) is 5. The van der Waals surface area contributed by atoms with E-state index in [0.29, 0.717) is 28.6 Å². The first-order valence-electron chi connectivity index (χ1n) is 8.36. The number of carbonyl (C=O) groups is 3. The molecular weight excluding hydrogens is 374 g/mol. The van der Waals surface area contributed by atoms with Crippen LogP contribution >= 0.6 is 11.6 Å². The molecule has 0 radical (unpaired) electrons. The summed E-state index contributed by atoms with van der Waals surface area (Å²) in [5.74, 6) is -1.11. The summed E-state index contributed by atoms with van der Waals surface area (Å²) in [6, 6.07) is 5.23. The minimum atomic E-state index is -2.33. The fraction of sp³-hybridized carbons (Fsp3) is 0.412. The van der Waals surface area contributed by atoms with Crippen LogP contribution in [-0.2, 0) is 4.79 Å². The van der Waals surface area contributed by atoms with Crippen molar-refractivity contribution in [1.82, 2.24) is 9.88 Å². The summed E-state index contributed by atoms with van der Waals surface area (Å²) < 4.78 is 5.47. The highest BCUT2D eigenvalue weighted by Gasteiger charge is 2.32. The van der Waals surface area contributed by atoms with E-state index in [9.17, 15) is 14.4 Å². The van der Waals surface area contributed by atoms with Gasteiger partial charge in [-0.1, -0.05) is 31.6 Å². The summed E-state index contributed by atoms with van der Waals surface area (Å²) >= 11 is 5.91. The van der Waals surface area contributed by atoms with Gasteiger partial charge in [0, 0.05) is 18.0 Å². The predicted octanol–water partition coefficient (Wildman–Crippen LogP) is 3.62. The van der Waals surface area contributed by atoms with Crippen molar-refractivity contribution in [1.29, 1.82) is 0 Å². The van der Waals surface area contributed by atoms with E-state index in [-0.39, 0.29) is 30.3 Å². The Balaban J connectivity index is 2.20. The normalized spacial score (nSPS) is 11.5. The van der Waals surface area contributed by atoms with E-state index in [1.165, 1.54) is 0 Å². The molecule has 0 aliphatic rings. The maximum atomic E-state index is 12.7. The van der Waals surface area contributed by atoms with E-state index in [4.69, 9.17) is 21.8 Å². The van der Waals surface area contributed by atoms with Crippen LogP contribution in [0.3, 0.4) is 0 Å². The number of hydrogen-bond donors (Lipinski definition) is 1. The van der Waals surface area contributed by atoms with E-state index in [0.717, 1.165) is 4.90 Å². The smallest absolute Gasteiger partial charge is 0.316 e. The summed E-state index contributed by atoms with van der Waals surface area (Å²) in [7, 11) is -2.33. The van der Waals surface area contributed by atoms with Gasteiger partial charge >= 0.3 is 5.91 Å². The first kappa shape index (κ1) is 20.1. The zero-order valence-corrected chi connectivity index (χ0v) is 16.8. The first-order chi connectivity index (χ1) is 12.2. The minimum absolute atomic E-state index is 0.0833. The molecule has 26 heavy (non-hydrogen) atoms.